The number of fused-ring (bicyclic) bond motifs is 1. The largest absolute Gasteiger partial charge is 0.290 e. The summed E-state index contributed by atoms with van der Waals surface area (Å²) in [6.07, 6.45) is 3.52. The van der Waals surface area contributed by atoms with Crippen LogP contribution in [0.5, 0.6) is 0 Å². The molecular weight excluding hydrogens is 274 g/mol. The van der Waals surface area contributed by atoms with Gasteiger partial charge in [0, 0.05) is 29.4 Å². The van der Waals surface area contributed by atoms with E-state index in [1.807, 2.05) is 16.0 Å². The first-order chi connectivity index (χ1) is 8.66. The van der Waals surface area contributed by atoms with Crippen molar-refractivity contribution in [2.45, 2.75) is 0 Å². The molecule has 0 N–H and O–H groups in total. The molecule has 0 aliphatic carbocycles. The maximum Gasteiger partial charge on any atom is 0.288 e. The van der Waals surface area contributed by atoms with Crippen molar-refractivity contribution in [1.29, 1.82) is 0 Å². The molecule has 0 aliphatic heterocycles. The quantitative estimate of drug-likeness (QED) is 0.532. The number of aromatic nitrogens is 2. The van der Waals surface area contributed by atoms with Crippen LogP contribution in [0.1, 0.15) is 0 Å². The molecule has 18 heavy (non-hydrogen) atoms. The second-order valence-corrected chi connectivity index (χ2v) is 4.87. The van der Waals surface area contributed by atoms with Crippen LogP contribution in [0.3, 0.4) is 0 Å². The SMILES string of the molecule is O=[N+]([O-])c1cc(-c2csc3nccn23)ccc1Cl. The lowest BCUT2D eigenvalue weighted by Gasteiger charge is -2.01. The standard InChI is InChI=1S/C11H6ClN3O2S/c12-8-2-1-7(5-9(8)15(16)17)10-6-18-11-13-3-4-14(10)11/h1-6H. The summed E-state index contributed by atoms with van der Waals surface area (Å²) < 4.78 is 1.89. The molecule has 0 unspecified atom stereocenters. The van der Waals surface area contributed by atoms with E-state index in [0.29, 0.717) is 0 Å². The summed E-state index contributed by atoms with van der Waals surface area (Å²) in [6, 6.07) is 4.77. The third-order valence-electron chi connectivity index (χ3n) is 2.58. The Morgan fingerprint density at radius 3 is 3.06 bits per heavy atom. The number of hydrogen-bond donors (Lipinski definition) is 0. The fraction of sp³-hybridized carbons (Fsp3) is 0. The Morgan fingerprint density at radius 1 is 1.44 bits per heavy atom. The first-order valence-electron chi connectivity index (χ1n) is 5.01. The number of nitrogens with zero attached hydrogens (tertiary/aromatic N) is 3. The number of nitro groups is 1. The lowest BCUT2D eigenvalue weighted by Crippen LogP contribution is -1.91. The molecule has 0 spiro atoms. The third-order valence-corrected chi connectivity index (χ3v) is 3.75. The van der Waals surface area contributed by atoms with Gasteiger partial charge in [0.05, 0.1) is 10.6 Å². The average molecular weight is 280 g/mol. The number of imidazole rings is 1. The molecule has 7 heteroatoms. The molecule has 5 nitrogen and oxygen atoms in total. The molecule has 0 saturated carbocycles. The predicted octanol–water partition coefficient (Wildman–Crippen LogP) is 3.62. The van der Waals surface area contributed by atoms with Crippen LogP contribution in [0.2, 0.25) is 5.02 Å². The molecule has 90 valence electrons. The van der Waals surface area contributed by atoms with Gasteiger partial charge in [-0.15, -0.1) is 11.3 Å². The number of halogens is 1. The fourth-order valence-corrected chi connectivity index (χ4v) is 2.79. The highest BCUT2D eigenvalue weighted by atomic mass is 35.5. The lowest BCUT2D eigenvalue weighted by molar-refractivity contribution is -0.384. The molecule has 2 aromatic heterocycles. The summed E-state index contributed by atoms with van der Waals surface area (Å²) in [4.78, 5) is 15.4. The zero-order valence-electron chi connectivity index (χ0n) is 8.91. The molecule has 0 bridgehead atoms. The van der Waals surface area contributed by atoms with Crippen LogP contribution in [-0.2, 0) is 0 Å². The summed E-state index contributed by atoms with van der Waals surface area (Å²) in [7, 11) is 0. The van der Waals surface area contributed by atoms with E-state index < -0.39 is 4.92 Å². The van der Waals surface area contributed by atoms with Crippen LogP contribution in [0.4, 0.5) is 5.69 Å². The molecule has 0 amide bonds. The van der Waals surface area contributed by atoms with Crippen LogP contribution >= 0.6 is 22.9 Å². The fourth-order valence-electron chi connectivity index (χ4n) is 1.74. The Kier molecular flexibility index (Phi) is 2.53. The average Bonchev–Trinajstić information content (AvgIpc) is 2.91. The van der Waals surface area contributed by atoms with E-state index in [-0.39, 0.29) is 10.7 Å². The van der Waals surface area contributed by atoms with E-state index >= 15 is 0 Å². The van der Waals surface area contributed by atoms with Crippen LogP contribution in [0.25, 0.3) is 16.2 Å². The molecule has 2 heterocycles. The van der Waals surface area contributed by atoms with Gasteiger partial charge in [-0.25, -0.2) is 4.98 Å². The van der Waals surface area contributed by atoms with Gasteiger partial charge >= 0.3 is 0 Å². The highest BCUT2D eigenvalue weighted by Crippen LogP contribution is 2.32. The number of benzene rings is 1. The summed E-state index contributed by atoms with van der Waals surface area (Å²) in [5.41, 5.74) is 1.52. The Bertz CT molecular complexity index is 750. The first kappa shape index (κ1) is 11.2. The van der Waals surface area contributed by atoms with E-state index in [1.165, 1.54) is 23.5 Å². The van der Waals surface area contributed by atoms with E-state index in [2.05, 4.69) is 4.98 Å². The van der Waals surface area contributed by atoms with Crippen molar-refractivity contribution in [2.75, 3.05) is 0 Å². The van der Waals surface area contributed by atoms with E-state index in [1.54, 1.807) is 12.3 Å². The minimum Gasteiger partial charge on any atom is -0.290 e. The van der Waals surface area contributed by atoms with Gasteiger partial charge in [0.15, 0.2) is 4.96 Å². The maximum atomic E-state index is 10.9. The lowest BCUT2D eigenvalue weighted by atomic mass is 10.1. The summed E-state index contributed by atoms with van der Waals surface area (Å²) in [5, 5.41) is 12.9. The highest BCUT2D eigenvalue weighted by Gasteiger charge is 2.15. The monoisotopic (exact) mass is 279 g/mol. The van der Waals surface area contributed by atoms with Crippen LogP contribution in [0.15, 0.2) is 36.0 Å². The molecular formula is C11H6ClN3O2S. The molecule has 0 radical (unpaired) electrons. The van der Waals surface area contributed by atoms with Gasteiger partial charge in [0.2, 0.25) is 0 Å². The molecule has 1 aromatic carbocycles. The van der Waals surface area contributed by atoms with Crippen molar-refractivity contribution >= 4 is 33.6 Å². The molecule has 3 rings (SSSR count). The zero-order valence-corrected chi connectivity index (χ0v) is 10.5. The third kappa shape index (κ3) is 1.66. The molecule has 3 aromatic rings. The zero-order chi connectivity index (χ0) is 12.7. The topological polar surface area (TPSA) is 60.4 Å². The van der Waals surface area contributed by atoms with Gasteiger partial charge in [0.25, 0.3) is 5.69 Å². The van der Waals surface area contributed by atoms with Crippen molar-refractivity contribution in [3.8, 4) is 11.3 Å². The van der Waals surface area contributed by atoms with Crippen LogP contribution in [-0.4, -0.2) is 14.3 Å². The first-order valence-corrected chi connectivity index (χ1v) is 6.27. The van der Waals surface area contributed by atoms with Crippen LogP contribution < -0.4 is 0 Å². The van der Waals surface area contributed by atoms with E-state index in [0.717, 1.165) is 16.2 Å². The maximum absolute atomic E-state index is 10.9. The smallest absolute Gasteiger partial charge is 0.288 e. The second kappa shape index (κ2) is 4.08. The molecule has 0 atom stereocenters. The number of rotatable bonds is 2. The van der Waals surface area contributed by atoms with Gasteiger partial charge in [0.1, 0.15) is 5.02 Å². The Morgan fingerprint density at radius 2 is 2.28 bits per heavy atom. The second-order valence-electron chi connectivity index (χ2n) is 3.62. The summed E-state index contributed by atoms with van der Waals surface area (Å²) in [6.45, 7) is 0. The minimum atomic E-state index is -0.483. The van der Waals surface area contributed by atoms with Gasteiger partial charge in [-0.2, -0.15) is 0 Å². The van der Waals surface area contributed by atoms with Gasteiger partial charge < -0.3 is 0 Å². The minimum absolute atomic E-state index is 0.0892. The summed E-state index contributed by atoms with van der Waals surface area (Å²) >= 11 is 7.27. The van der Waals surface area contributed by atoms with Gasteiger partial charge in [-0.05, 0) is 6.07 Å². The number of hydrogen-bond acceptors (Lipinski definition) is 4. The van der Waals surface area contributed by atoms with Crippen molar-refractivity contribution in [2.24, 2.45) is 0 Å². The predicted molar refractivity (Wildman–Crippen MR) is 70.2 cm³/mol. The highest BCUT2D eigenvalue weighted by molar-refractivity contribution is 7.15. The molecule has 0 aliphatic rings. The van der Waals surface area contributed by atoms with Crippen molar-refractivity contribution < 1.29 is 4.92 Å². The van der Waals surface area contributed by atoms with Crippen molar-refractivity contribution in [1.82, 2.24) is 9.38 Å². The van der Waals surface area contributed by atoms with Gasteiger partial charge in [-0.1, -0.05) is 17.7 Å². The Labute approximate surface area is 110 Å². The van der Waals surface area contributed by atoms with Crippen molar-refractivity contribution in [3.63, 3.8) is 0 Å². The van der Waals surface area contributed by atoms with Crippen molar-refractivity contribution in [3.05, 3.63) is 51.1 Å². The molecule has 0 saturated heterocycles. The van der Waals surface area contributed by atoms with Gasteiger partial charge in [-0.3, -0.25) is 14.5 Å². The van der Waals surface area contributed by atoms with Crippen LogP contribution in [0, 0.1) is 10.1 Å². The normalized spacial score (nSPS) is 10.9. The summed E-state index contributed by atoms with van der Waals surface area (Å²) in [5.74, 6) is 0. The van der Waals surface area contributed by atoms with E-state index in [9.17, 15) is 10.1 Å². The Hall–Kier alpha value is -1.92. The Balaban J connectivity index is 2.21. The van der Waals surface area contributed by atoms with E-state index in [4.69, 9.17) is 11.6 Å². The molecule has 0 fully saturated rings. The number of nitro benzene ring substituents is 1. The number of thiazole rings is 1.